The molecule has 46 heavy (non-hydrogen) atoms. The van der Waals surface area contributed by atoms with Crippen LogP contribution in [0, 0.1) is 30.1 Å². The lowest BCUT2D eigenvalue weighted by Crippen LogP contribution is -2.28. The Morgan fingerprint density at radius 1 is 0.978 bits per heavy atom. The van der Waals surface area contributed by atoms with E-state index in [1.807, 2.05) is 43.3 Å². The Balaban J connectivity index is 1.20. The Hall–Kier alpha value is -5.30. The number of nitriles is 1. The van der Waals surface area contributed by atoms with Crippen molar-refractivity contribution in [1.82, 2.24) is 35.1 Å². The second-order valence-corrected chi connectivity index (χ2v) is 11.9. The molecule has 4 heterocycles. The molecule has 4 aromatic heterocycles. The van der Waals surface area contributed by atoms with Gasteiger partial charge in [0.1, 0.15) is 23.4 Å². The minimum Gasteiger partial charge on any atom is -0.467 e. The molecule has 10 heteroatoms. The summed E-state index contributed by atoms with van der Waals surface area (Å²) < 4.78 is 5.11. The van der Waals surface area contributed by atoms with E-state index >= 15 is 0 Å². The summed E-state index contributed by atoms with van der Waals surface area (Å²) in [6.07, 6.45) is 12.3. The van der Waals surface area contributed by atoms with Gasteiger partial charge in [-0.25, -0.2) is 19.9 Å². The average Bonchev–Trinajstić information content (AvgIpc) is 3.54. The summed E-state index contributed by atoms with van der Waals surface area (Å²) in [6.45, 7) is 1.94. The van der Waals surface area contributed by atoms with Gasteiger partial charge in [-0.1, -0.05) is 36.4 Å². The summed E-state index contributed by atoms with van der Waals surface area (Å²) >= 11 is 0. The third kappa shape index (κ3) is 6.99. The molecule has 1 unspecified atom stereocenters. The van der Waals surface area contributed by atoms with Crippen molar-refractivity contribution < 1.29 is 9.53 Å². The van der Waals surface area contributed by atoms with Crippen LogP contribution in [0.2, 0.25) is 0 Å². The quantitative estimate of drug-likeness (QED) is 0.183. The van der Waals surface area contributed by atoms with Gasteiger partial charge < -0.3 is 4.74 Å². The number of benzene rings is 1. The number of aromatic amines is 1. The molecule has 10 nitrogen and oxygen atoms in total. The number of rotatable bonds is 11. The van der Waals surface area contributed by atoms with Gasteiger partial charge in [-0.2, -0.15) is 10.4 Å². The average molecular weight is 613 g/mol. The second kappa shape index (κ2) is 14.2. The molecule has 0 radical (unpaired) electrons. The van der Waals surface area contributed by atoms with Gasteiger partial charge in [0.15, 0.2) is 0 Å². The van der Waals surface area contributed by atoms with E-state index < -0.39 is 0 Å². The Morgan fingerprint density at radius 3 is 2.46 bits per heavy atom. The van der Waals surface area contributed by atoms with Crippen molar-refractivity contribution in [1.29, 1.82) is 5.26 Å². The third-order valence-electron chi connectivity index (χ3n) is 8.90. The number of aryl methyl sites for hydroxylation is 2. The van der Waals surface area contributed by atoms with Crippen LogP contribution in [0.25, 0.3) is 22.6 Å². The highest BCUT2D eigenvalue weighted by atomic mass is 16.5. The first-order valence-corrected chi connectivity index (χ1v) is 15.7. The van der Waals surface area contributed by atoms with Crippen LogP contribution in [0.4, 0.5) is 0 Å². The molecule has 0 saturated heterocycles. The molecule has 5 aromatic rings. The highest BCUT2D eigenvalue weighted by molar-refractivity contribution is 5.86. The summed E-state index contributed by atoms with van der Waals surface area (Å²) in [5, 5.41) is 16.7. The maximum absolute atomic E-state index is 14.0. The Labute approximate surface area is 268 Å². The molecule has 1 fully saturated rings. The van der Waals surface area contributed by atoms with Crippen molar-refractivity contribution in [3.8, 4) is 34.7 Å². The Morgan fingerprint density at radius 2 is 1.76 bits per heavy atom. The number of methoxy groups -OCH3 is 1. The molecule has 1 saturated carbocycles. The van der Waals surface area contributed by atoms with Crippen LogP contribution >= 0.6 is 0 Å². The van der Waals surface area contributed by atoms with E-state index in [-0.39, 0.29) is 17.6 Å². The number of aromatic nitrogens is 7. The Kier molecular flexibility index (Phi) is 9.48. The maximum atomic E-state index is 14.0. The van der Waals surface area contributed by atoms with E-state index in [2.05, 4.69) is 43.4 Å². The zero-order valence-electron chi connectivity index (χ0n) is 26.1. The summed E-state index contributed by atoms with van der Waals surface area (Å²) in [4.78, 5) is 36.8. The van der Waals surface area contributed by atoms with E-state index in [1.54, 1.807) is 24.8 Å². The van der Waals surface area contributed by atoms with Gasteiger partial charge in [0.05, 0.1) is 41.9 Å². The fourth-order valence-electron chi connectivity index (χ4n) is 6.44. The first kappa shape index (κ1) is 30.7. The van der Waals surface area contributed by atoms with Gasteiger partial charge in [-0.3, -0.25) is 14.9 Å². The third-order valence-corrected chi connectivity index (χ3v) is 8.90. The summed E-state index contributed by atoms with van der Waals surface area (Å²) in [7, 11) is 1.53. The molecule has 0 amide bonds. The molecular weight excluding hydrogens is 576 g/mol. The van der Waals surface area contributed by atoms with Gasteiger partial charge in [0.25, 0.3) is 0 Å². The lowest BCUT2D eigenvalue weighted by Gasteiger charge is -2.33. The van der Waals surface area contributed by atoms with Crippen molar-refractivity contribution in [2.75, 3.05) is 7.11 Å². The number of pyridine rings is 1. The van der Waals surface area contributed by atoms with Crippen LogP contribution in [0.5, 0.6) is 6.01 Å². The zero-order chi connectivity index (χ0) is 31.9. The number of carbonyl (C=O) groups excluding carboxylic acids is 1. The first-order valence-electron chi connectivity index (χ1n) is 15.7. The molecule has 232 valence electrons. The topological polar surface area (TPSA) is 143 Å². The van der Waals surface area contributed by atoms with E-state index in [1.165, 1.54) is 7.11 Å². The van der Waals surface area contributed by atoms with Crippen molar-refractivity contribution in [2.45, 2.75) is 57.8 Å². The van der Waals surface area contributed by atoms with Crippen LogP contribution in [0.1, 0.15) is 66.2 Å². The summed E-state index contributed by atoms with van der Waals surface area (Å²) in [5.41, 5.74) is 6.15. The molecule has 1 aliphatic carbocycles. The molecular formula is C36H36N8O2. The van der Waals surface area contributed by atoms with E-state index in [4.69, 9.17) is 14.7 Å². The SMILES string of the molecule is COc1ncc(-c2cccc(C(C(=O)CCc3ccccc3)C3CCC(Cc4ncc(C#N)c(-c5[nH]ncc5C)n4)CC3)n2)cn1. The largest absolute Gasteiger partial charge is 0.467 e. The fourth-order valence-corrected chi connectivity index (χ4v) is 6.44. The van der Waals surface area contributed by atoms with Crippen LogP contribution < -0.4 is 4.74 Å². The normalized spacial score (nSPS) is 16.8. The van der Waals surface area contributed by atoms with Crippen molar-refractivity contribution >= 4 is 5.78 Å². The number of carbonyl (C=O) groups is 1. The second-order valence-electron chi connectivity index (χ2n) is 11.9. The number of ketones is 1. The number of nitrogens with one attached hydrogen (secondary N) is 1. The number of ether oxygens (including phenoxy) is 1. The smallest absolute Gasteiger partial charge is 0.316 e. The monoisotopic (exact) mass is 612 g/mol. The Bertz CT molecular complexity index is 1820. The van der Waals surface area contributed by atoms with Gasteiger partial charge in [-0.15, -0.1) is 0 Å². The number of Topliss-reactive ketones (excluding diaryl/α,β-unsaturated/α-hetero) is 1. The molecule has 1 aromatic carbocycles. The minimum atomic E-state index is -0.301. The van der Waals surface area contributed by atoms with Gasteiger partial charge in [-0.05, 0) is 74.1 Å². The van der Waals surface area contributed by atoms with Gasteiger partial charge >= 0.3 is 6.01 Å². The molecule has 0 aliphatic heterocycles. The number of nitrogens with zero attached hydrogens (tertiary/aromatic N) is 7. The number of H-pyrrole nitrogens is 1. The number of hydrogen-bond donors (Lipinski definition) is 1. The van der Waals surface area contributed by atoms with Crippen LogP contribution in [-0.2, 0) is 17.6 Å². The van der Waals surface area contributed by atoms with Gasteiger partial charge in [0, 0.05) is 37.0 Å². The predicted octanol–water partition coefficient (Wildman–Crippen LogP) is 6.24. The standard InChI is InChI=1S/C36H36N8O2/c1-23-19-41-44-34(23)35-27(18-37)20-38-32(43-35)17-25-11-14-26(15-12-25)33(31(45)16-13-24-7-4-3-5-8-24)30-10-6-9-29(42-30)28-21-39-36(46-2)40-22-28/h3-10,19-22,25-26,33H,11-17H2,1-2H3,(H,41,44). The van der Waals surface area contributed by atoms with Crippen LogP contribution in [0.3, 0.4) is 0 Å². The zero-order valence-corrected chi connectivity index (χ0v) is 26.1. The molecule has 0 spiro atoms. The molecule has 1 atom stereocenters. The fraction of sp³-hybridized carbons (Fsp3) is 0.333. The molecule has 1 N–H and O–H groups in total. The lowest BCUT2D eigenvalue weighted by atomic mass is 9.71. The number of hydrogen-bond acceptors (Lipinski definition) is 9. The highest BCUT2D eigenvalue weighted by Crippen LogP contribution is 2.40. The highest BCUT2D eigenvalue weighted by Gasteiger charge is 2.34. The van der Waals surface area contributed by atoms with Crippen molar-refractivity contribution in [2.24, 2.45) is 11.8 Å². The van der Waals surface area contributed by atoms with Crippen molar-refractivity contribution in [3.63, 3.8) is 0 Å². The van der Waals surface area contributed by atoms with Crippen LogP contribution in [-0.4, -0.2) is 48.0 Å². The van der Waals surface area contributed by atoms with E-state index in [9.17, 15) is 10.1 Å². The van der Waals surface area contributed by atoms with Crippen LogP contribution in [0.15, 0.2) is 73.3 Å². The molecule has 1 aliphatic rings. The lowest BCUT2D eigenvalue weighted by molar-refractivity contribution is -0.122. The maximum Gasteiger partial charge on any atom is 0.316 e. The minimum absolute atomic E-state index is 0.180. The van der Waals surface area contributed by atoms with Crippen molar-refractivity contribution in [3.05, 3.63) is 102 Å². The predicted molar refractivity (Wildman–Crippen MR) is 173 cm³/mol. The van der Waals surface area contributed by atoms with E-state index in [0.717, 1.165) is 71.7 Å². The first-order chi connectivity index (χ1) is 22.5. The molecule has 0 bridgehead atoms. The van der Waals surface area contributed by atoms with E-state index in [0.29, 0.717) is 36.0 Å². The summed E-state index contributed by atoms with van der Waals surface area (Å²) in [6, 6.07) is 18.5. The molecule has 6 rings (SSSR count). The van der Waals surface area contributed by atoms with Gasteiger partial charge in [0.2, 0.25) is 0 Å². The summed E-state index contributed by atoms with van der Waals surface area (Å²) in [5.74, 6) is 1.20.